The monoisotopic (exact) mass is 407 g/mol. The Morgan fingerprint density at radius 3 is 2.79 bits per heavy atom. The lowest BCUT2D eigenvalue weighted by Crippen LogP contribution is -2.40. The lowest BCUT2D eigenvalue weighted by Gasteiger charge is -2.35. The first kappa shape index (κ1) is 20.0. The number of nitrogens with one attached hydrogen (secondary N) is 2. The Morgan fingerprint density at radius 2 is 2.04 bits per heavy atom. The Morgan fingerprint density at radius 1 is 1.29 bits per heavy atom. The van der Waals surface area contributed by atoms with Crippen LogP contribution in [-0.2, 0) is 14.3 Å². The first-order valence-corrected chi connectivity index (χ1v) is 9.27. The topological polar surface area (TPSA) is 96.9 Å². The zero-order valence-corrected chi connectivity index (χ0v) is 15.6. The van der Waals surface area contributed by atoms with E-state index < -0.39 is 17.6 Å². The zero-order chi connectivity index (χ0) is 20.1. The molecule has 28 heavy (non-hydrogen) atoms. The normalized spacial score (nSPS) is 24.1. The molecule has 0 saturated heterocycles. The lowest BCUT2D eigenvalue weighted by atomic mass is 9.80. The molecule has 1 heterocycles. The number of nitrogens with zero attached hydrogens (tertiary/aromatic N) is 1. The minimum atomic E-state index is -0.576. The van der Waals surface area contributed by atoms with Crippen molar-refractivity contribution >= 4 is 35.4 Å². The molecular weight excluding hydrogens is 389 g/mol. The van der Waals surface area contributed by atoms with Gasteiger partial charge in [0.2, 0.25) is 0 Å². The molecular formula is C19H19ClFN3O4. The molecule has 1 aromatic carbocycles. The number of hydrogen-bond acceptors (Lipinski definition) is 5. The number of halogens is 2. The molecule has 0 spiro atoms. The minimum absolute atomic E-state index is 0.0467. The molecule has 0 aromatic heterocycles. The average molecular weight is 408 g/mol. The second-order valence-electron chi connectivity index (χ2n) is 6.61. The number of allylic oxidation sites excluding steroid dienone is 1. The number of hydrogen-bond donors (Lipinski definition) is 2. The van der Waals surface area contributed by atoms with Crippen molar-refractivity contribution in [3.8, 4) is 0 Å². The van der Waals surface area contributed by atoms with Crippen LogP contribution in [0.15, 0.2) is 41.2 Å². The van der Waals surface area contributed by atoms with Crippen molar-refractivity contribution in [3.63, 3.8) is 0 Å². The number of Topliss-reactive ketones (excluding diaryl/α,β-unsaturated/α-hetero) is 1. The van der Waals surface area contributed by atoms with Crippen LogP contribution in [0.3, 0.4) is 0 Å². The van der Waals surface area contributed by atoms with E-state index in [1.54, 1.807) is 0 Å². The van der Waals surface area contributed by atoms with Gasteiger partial charge in [-0.1, -0.05) is 0 Å². The van der Waals surface area contributed by atoms with Gasteiger partial charge in [0.1, 0.15) is 11.9 Å². The quantitative estimate of drug-likeness (QED) is 0.442. The first-order valence-electron chi connectivity index (χ1n) is 8.83. The van der Waals surface area contributed by atoms with Gasteiger partial charge in [-0.2, -0.15) is 5.10 Å². The van der Waals surface area contributed by atoms with Gasteiger partial charge in [0.25, 0.3) is 11.8 Å². The lowest BCUT2D eigenvalue weighted by molar-refractivity contribution is -0.126. The summed E-state index contributed by atoms with van der Waals surface area (Å²) in [5.74, 6) is -1.96. The zero-order valence-electron chi connectivity index (χ0n) is 14.9. The Balaban J connectivity index is 1.47. The van der Waals surface area contributed by atoms with E-state index in [9.17, 15) is 18.8 Å². The number of ketones is 1. The number of hydrazone groups is 1. The van der Waals surface area contributed by atoms with Crippen LogP contribution in [0.1, 0.15) is 29.6 Å². The number of carbonyl (C=O) groups excluding carboxylic acids is 3. The van der Waals surface area contributed by atoms with Gasteiger partial charge < -0.3 is 10.1 Å². The summed E-state index contributed by atoms with van der Waals surface area (Å²) in [4.78, 5) is 36.1. The maximum Gasteiger partial charge on any atom is 0.259 e. The number of alkyl halides is 1. The Bertz CT molecular complexity index is 825. The van der Waals surface area contributed by atoms with Gasteiger partial charge in [0, 0.05) is 10.9 Å². The van der Waals surface area contributed by atoms with Crippen LogP contribution >= 0.6 is 11.6 Å². The predicted molar refractivity (Wildman–Crippen MR) is 100 cm³/mol. The van der Waals surface area contributed by atoms with E-state index in [0.29, 0.717) is 6.42 Å². The van der Waals surface area contributed by atoms with Crippen molar-refractivity contribution in [2.24, 2.45) is 11.0 Å². The highest BCUT2D eigenvalue weighted by molar-refractivity contribution is 6.21. The maximum absolute atomic E-state index is 12.8. The van der Waals surface area contributed by atoms with Gasteiger partial charge in [0.05, 0.1) is 30.5 Å². The van der Waals surface area contributed by atoms with Crippen LogP contribution in [0.2, 0.25) is 0 Å². The third-order valence-electron chi connectivity index (χ3n) is 4.62. The number of amides is 2. The third kappa shape index (κ3) is 4.95. The molecule has 1 saturated carbocycles. The van der Waals surface area contributed by atoms with Gasteiger partial charge in [-0.05, 0) is 43.5 Å². The highest BCUT2D eigenvalue weighted by Gasteiger charge is 2.39. The fourth-order valence-electron chi connectivity index (χ4n) is 3.13. The van der Waals surface area contributed by atoms with Gasteiger partial charge >= 0.3 is 0 Å². The summed E-state index contributed by atoms with van der Waals surface area (Å²) >= 11 is 6.14. The molecule has 1 fully saturated rings. The van der Waals surface area contributed by atoms with Crippen molar-refractivity contribution in [2.75, 3.05) is 6.54 Å². The summed E-state index contributed by atoms with van der Waals surface area (Å²) in [5, 5.41) is 6.08. The van der Waals surface area contributed by atoms with Crippen LogP contribution in [0.25, 0.3) is 0 Å². The number of carbonyl (C=O) groups is 3. The van der Waals surface area contributed by atoms with E-state index in [2.05, 4.69) is 15.8 Å². The summed E-state index contributed by atoms with van der Waals surface area (Å²) in [6, 6.07) is 4.93. The van der Waals surface area contributed by atoms with Crippen LogP contribution in [0, 0.1) is 11.7 Å². The highest BCUT2D eigenvalue weighted by atomic mass is 35.5. The molecule has 3 rings (SSSR count). The van der Waals surface area contributed by atoms with E-state index in [4.69, 9.17) is 16.3 Å². The Hall–Kier alpha value is -2.74. The summed E-state index contributed by atoms with van der Waals surface area (Å²) in [6.07, 6.45) is 4.51. The Kier molecular flexibility index (Phi) is 6.41. The van der Waals surface area contributed by atoms with Crippen LogP contribution < -0.4 is 10.7 Å². The second kappa shape index (κ2) is 8.97. The third-order valence-corrected chi connectivity index (χ3v) is 5.02. The van der Waals surface area contributed by atoms with Gasteiger partial charge in [-0.15, -0.1) is 11.6 Å². The van der Waals surface area contributed by atoms with Gasteiger partial charge in [-0.25, -0.2) is 9.82 Å². The molecule has 148 valence electrons. The molecule has 2 aliphatic rings. The SMILES string of the molecule is O=C(CNC(=O)c1ccc(F)cc1)N/N=C/C1=COC2CCC(Cl)CC2C1=O. The maximum atomic E-state index is 12.8. The molecule has 3 atom stereocenters. The summed E-state index contributed by atoms with van der Waals surface area (Å²) in [5.41, 5.74) is 2.71. The van der Waals surface area contributed by atoms with E-state index in [1.807, 2.05) is 0 Å². The highest BCUT2D eigenvalue weighted by Crippen LogP contribution is 2.34. The Labute approximate surface area is 166 Å². The fraction of sp³-hybridized carbons (Fsp3) is 0.368. The summed E-state index contributed by atoms with van der Waals surface area (Å²) in [7, 11) is 0. The number of ether oxygens (including phenoxy) is 1. The van der Waals surface area contributed by atoms with Crippen LogP contribution in [-0.4, -0.2) is 41.8 Å². The van der Waals surface area contributed by atoms with Crippen molar-refractivity contribution in [3.05, 3.63) is 47.5 Å². The molecule has 1 aromatic rings. The largest absolute Gasteiger partial charge is 0.496 e. The van der Waals surface area contributed by atoms with E-state index in [0.717, 1.165) is 25.0 Å². The first-order chi connectivity index (χ1) is 13.4. The van der Waals surface area contributed by atoms with E-state index in [-0.39, 0.29) is 40.9 Å². The van der Waals surface area contributed by atoms with Crippen LogP contribution in [0.4, 0.5) is 4.39 Å². The molecule has 2 amide bonds. The van der Waals surface area contributed by atoms with Crippen molar-refractivity contribution in [2.45, 2.75) is 30.7 Å². The minimum Gasteiger partial charge on any atom is -0.496 e. The molecule has 0 bridgehead atoms. The molecule has 7 nitrogen and oxygen atoms in total. The summed E-state index contributed by atoms with van der Waals surface area (Å²) in [6.45, 7) is -0.324. The van der Waals surface area contributed by atoms with E-state index in [1.165, 1.54) is 24.6 Å². The van der Waals surface area contributed by atoms with Gasteiger partial charge in [0.15, 0.2) is 5.78 Å². The standard InChI is InChI=1S/C19H19ClFN3O4/c20-13-3-6-16-15(7-13)18(26)12(10-28-16)8-23-24-17(25)9-22-19(27)11-1-4-14(21)5-2-11/h1-2,4-5,8,10,13,15-16H,3,6-7,9H2,(H,22,27)(H,24,25)/b23-8+. The average Bonchev–Trinajstić information content (AvgIpc) is 2.69. The van der Waals surface area contributed by atoms with E-state index >= 15 is 0 Å². The number of fused-ring (bicyclic) bond motifs is 1. The van der Waals surface area contributed by atoms with Crippen LogP contribution in [0.5, 0.6) is 0 Å². The van der Waals surface area contributed by atoms with Gasteiger partial charge in [-0.3, -0.25) is 14.4 Å². The number of rotatable bonds is 5. The predicted octanol–water partition coefficient (Wildman–Crippen LogP) is 1.92. The van der Waals surface area contributed by atoms with Crippen molar-refractivity contribution in [1.82, 2.24) is 10.7 Å². The second-order valence-corrected chi connectivity index (χ2v) is 7.23. The molecule has 0 radical (unpaired) electrons. The molecule has 1 aliphatic heterocycles. The molecule has 2 N–H and O–H groups in total. The fourth-order valence-corrected chi connectivity index (χ4v) is 3.45. The van der Waals surface area contributed by atoms with Crippen molar-refractivity contribution in [1.29, 1.82) is 0 Å². The molecule has 3 unspecified atom stereocenters. The molecule has 9 heteroatoms. The molecule has 1 aliphatic carbocycles. The number of benzene rings is 1. The summed E-state index contributed by atoms with van der Waals surface area (Å²) < 4.78 is 18.4. The smallest absolute Gasteiger partial charge is 0.259 e. The van der Waals surface area contributed by atoms with Crippen molar-refractivity contribution < 1.29 is 23.5 Å².